The zero-order valence-electron chi connectivity index (χ0n) is 15.1. The fraction of sp³-hybridized carbons (Fsp3) is 0.333. The summed E-state index contributed by atoms with van der Waals surface area (Å²) in [6, 6.07) is 15.8. The molecule has 1 amide bonds. The number of carbonyl (C=O) groups excluding carboxylic acids is 2. The number of hydrogen-bond acceptors (Lipinski definition) is 3. The molecule has 0 atom stereocenters. The average Bonchev–Trinajstić information content (AvgIpc) is 2.66. The summed E-state index contributed by atoms with van der Waals surface area (Å²) in [7, 11) is 1.78. The molecule has 0 saturated carbocycles. The Morgan fingerprint density at radius 3 is 2.08 bits per heavy atom. The van der Waals surface area contributed by atoms with Crippen LogP contribution in [0.15, 0.2) is 53.4 Å². The Morgan fingerprint density at radius 2 is 1.52 bits per heavy atom. The molecule has 25 heavy (non-hydrogen) atoms. The van der Waals surface area contributed by atoms with Crippen molar-refractivity contribution in [2.24, 2.45) is 0 Å². The Bertz CT molecular complexity index is 708. The number of amides is 1. The van der Waals surface area contributed by atoms with Crippen molar-refractivity contribution in [1.29, 1.82) is 0 Å². The van der Waals surface area contributed by atoms with Crippen molar-refractivity contribution in [3.05, 3.63) is 65.2 Å². The first-order valence-corrected chi connectivity index (χ1v) is 9.75. The smallest absolute Gasteiger partial charge is 0.223 e. The highest BCUT2D eigenvalue weighted by molar-refractivity contribution is 7.98. The maximum atomic E-state index is 12.3. The van der Waals surface area contributed by atoms with Gasteiger partial charge in [-0.05, 0) is 35.9 Å². The zero-order valence-corrected chi connectivity index (χ0v) is 15.9. The molecule has 0 aromatic heterocycles. The van der Waals surface area contributed by atoms with Crippen molar-refractivity contribution in [2.45, 2.75) is 37.6 Å². The van der Waals surface area contributed by atoms with E-state index in [0.29, 0.717) is 12.1 Å². The predicted octanol–water partition coefficient (Wildman–Crippen LogP) is 4.59. The van der Waals surface area contributed by atoms with Gasteiger partial charge in [0, 0.05) is 36.9 Å². The topological polar surface area (TPSA) is 37.4 Å². The molecule has 0 aliphatic carbocycles. The van der Waals surface area contributed by atoms with E-state index < -0.39 is 0 Å². The van der Waals surface area contributed by atoms with Gasteiger partial charge >= 0.3 is 0 Å². The van der Waals surface area contributed by atoms with Gasteiger partial charge in [0.2, 0.25) is 5.91 Å². The number of thioether (sulfide) groups is 1. The molecule has 2 rings (SSSR count). The van der Waals surface area contributed by atoms with Crippen molar-refractivity contribution < 1.29 is 9.59 Å². The third-order valence-electron chi connectivity index (χ3n) is 4.25. The van der Waals surface area contributed by atoms with Gasteiger partial charge in [0.15, 0.2) is 5.78 Å². The molecular formula is C21H25NO2S. The van der Waals surface area contributed by atoms with E-state index in [9.17, 15) is 9.59 Å². The van der Waals surface area contributed by atoms with Gasteiger partial charge in [-0.3, -0.25) is 9.59 Å². The molecule has 4 heteroatoms. The van der Waals surface area contributed by atoms with Crippen LogP contribution in [0.3, 0.4) is 0 Å². The molecule has 0 radical (unpaired) electrons. The minimum atomic E-state index is -0.00697. The number of hydrogen-bond donors (Lipinski definition) is 0. The molecule has 0 aliphatic heterocycles. The quantitative estimate of drug-likeness (QED) is 0.513. The number of rotatable bonds is 8. The van der Waals surface area contributed by atoms with E-state index in [4.69, 9.17) is 0 Å². The van der Waals surface area contributed by atoms with E-state index in [2.05, 4.69) is 19.1 Å². The van der Waals surface area contributed by atoms with Gasteiger partial charge in [-0.25, -0.2) is 0 Å². The molecule has 0 aliphatic rings. The van der Waals surface area contributed by atoms with E-state index in [1.807, 2.05) is 42.7 Å². The van der Waals surface area contributed by atoms with Gasteiger partial charge in [-0.1, -0.05) is 43.3 Å². The Hall–Kier alpha value is -2.07. The fourth-order valence-electron chi connectivity index (χ4n) is 2.57. The van der Waals surface area contributed by atoms with Crippen molar-refractivity contribution in [3.8, 4) is 0 Å². The van der Waals surface area contributed by atoms with Crippen LogP contribution in [0.1, 0.15) is 41.3 Å². The van der Waals surface area contributed by atoms with Crippen molar-refractivity contribution >= 4 is 23.5 Å². The van der Waals surface area contributed by atoms with Crippen LogP contribution >= 0.6 is 11.8 Å². The third kappa shape index (κ3) is 5.75. The number of benzene rings is 2. The molecule has 0 bridgehead atoms. The average molecular weight is 356 g/mol. The Kier molecular flexibility index (Phi) is 7.26. The summed E-state index contributed by atoms with van der Waals surface area (Å²) in [5, 5.41) is 0. The molecule has 0 saturated heterocycles. The normalized spacial score (nSPS) is 10.5. The Balaban J connectivity index is 1.84. The second-order valence-electron chi connectivity index (χ2n) is 6.07. The first-order valence-electron chi connectivity index (χ1n) is 8.52. The van der Waals surface area contributed by atoms with Gasteiger partial charge in [0.1, 0.15) is 0 Å². The summed E-state index contributed by atoms with van der Waals surface area (Å²) in [4.78, 5) is 27.4. The van der Waals surface area contributed by atoms with Crippen LogP contribution in [0, 0.1) is 0 Å². The molecule has 0 N–H and O–H groups in total. The van der Waals surface area contributed by atoms with E-state index in [0.717, 1.165) is 12.0 Å². The number of carbonyl (C=O) groups is 2. The zero-order chi connectivity index (χ0) is 18.2. The van der Waals surface area contributed by atoms with Gasteiger partial charge in [-0.2, -0.15) is 0 Å². The SMILES string of the molecule is CCc1ccc(C(=O)CCC(=O)N(C)Cc2ccc(SC)cc2)cc1. The lowest BCUT2D eigenvalue weighted by atomic mass is 10.0. The second kappa shape index (κ2) is 9.42. The van der Waals surface area contributed by atoms with Gasteiger partial charge in [0.25, 0.3) is 0 Å². The summed E-state index contributed by atoms with van der Waals surface area (Å²) >= 11 is 1.70. The van der Waals surface area contributed by atoms with Crippen LogP contribution in [0.5, 0.6) is 0 Å². The highest BCUT2D eigenvalue weighted by atomic mass is 32.2. The minimum absolute atomic E-state index is 0.00697. The first kappa shape index (κ1) is 19.3. The number of nitrogens with zero attached hydrogens (tertiary/aromatic N) is 1. The fourth-order valence-corrected chi connectivity index (χ4v) is 2.98. The summed E-state index contributed by atoms with van der Waals surface area (Å²) in [6.45, 7) is 2.65. The largest absolute Gasteiger partial charge is 0.341 e. The Morgan fingerprint density at radius 1 is 0.920 bits per heavy atom. The van der Waals surface area contributed by atoms with Crippen LogP contribution in [0.4, 0.5) is 0 Å². The molecule has 0 heterocycles. The maximum absolute atomic E-state index is 12.3. The van der Waals surface area contributed by atoms with E-state index in [1.165, 1.54) is 10.5 Å². The molecule has 132 valence electrons. The minimum Gasteiger partial charge on any atom is -0.341 e. The van der Waals surface area contributed by atoms with Crippen LogP contribution in [-0.4, -0.2) is 29.9 Å². The predicted molar refractivity (Wildman–Crippen MR) is 104 cm³/mol. The highest BCUT2D eigenvalue weighted by Gasteiger charge is 2.13. The molecule has 0 fully saturated rings. The molecule has 0 unspecified atom stereocenters. The van der Waals surface area contributed by atoms with Crippen molar-refractivity contribution in [2.75, 3.05) is 13.3 Å². The standard InChI is InChI=1S/C21H25NO2S/c1-4-16-5-9-18(10-6-16)20(23)13-14-21(24)22(2)15-17-7-11-19(25-3)12-8-17/h5-12H,4,13-15H2,1-3H3. The molecule has 3 nitrogen and oxygen atoms in total. The van der Waals surface area contributed by atoms with Crippen LogP contribution in [0.25, 0.3) is 0 Å². The molecule has 2 aromatic rings. The van der Waals surface area contributed by atoms with Crippen molar-refractivity contribution in [1.82, 2.24) is 4.90 Å². The third-order valence-corrected chi connectivity index (χ3v) is 5.00. The van der Waals surface area contributed by atoms with Gasteiger partial charge in [-0.15, -0.1) is 11.8 Å². The van der Waals surface area contributed by atoms with Gasteiger partial charge < -0.3 is 4.90 Å². The second-order valence-corrected chi connectivity index (χ2v) is 6.95. The lowest BCUT2D eigenvalue weighted by Crippen LogP contribution is -2.26. The lowest BCUT2D eigenvalue weighted by molar-refractivity contribution is -0.130. The monoisotopic (exact) mass is 355 g/mol. The van der Waals surface area contributed by atoms with E-state index >= 15 is 0 Å². The Labute approximate surface area is 154 Å². The van der Waals surface area contributed by atoms with Crippen molar-refractivity contribution in [3.63, 3.8) is 0 Å². The van der Waals surface area contributed by atoms with E-state index in [-0.39, 0.29) is 24.5 Å². The van der Waals surface area contributed by atoms with E-state index in [1.54, 1.807) is 23.7 Å². The number of aryl methyl sites for hydroxylation is 1. The summed E-state index contributed by atoms with van der Waals surface area (Å²) in [5.41, 5.74) is 2.98. The van der Waals surface area contributed by atoms with Crippen LogP contribution < -0.4 is 0 Å². The number of Topliss-reactive ketones (excluding diaryl/α,β-unsaturated/α-hetero) is 1. The van der Waals surface area contributed by atoms with Crippen LogP contribution in [0.2, 0.25) is 0 Å². The lowest BCUT2D eigenvalue weighted by Gasteiger charge is -2.17. The summed E-state index contributed by atoms with van der Waals surface area (Å²) in [5.74, 6) is 0.0150. The number of ketones is 1. The molecule has 0 spiro atoms. The van der Waals surface area contributed by atoms with Gasteiger partial charge in [0.05, 0.1) is 0 Å². The molecular weight excluding hydrogens is 330 g/mol. The first-order chi connectivity index (χ1) is 12.0. The van der Waals surface area contributed by atoms with Crippen LogP contribution in [-0.2, 0) is 17.8 Å². The highest BCUT2D eigenvalue weighted by Crippen LogP contribution is 2.16. The summed E-state index contributed by atoms with van der Waals surface area (Å²) < 4.78 is 0. The molecule has 2 aromatic carbocycles. The summed E-state index contributed by atoms with van der Waals surface area (Å²) in [6.07, 6.45) is 3.49. The maximum Gasteiger partial charge on any atom is 0.223 e.